The van der Waals surface area contributed by atoms with Crippen molar-refractivity contribution in [2.45, 2.75) is 121 Å². The zero-order valence-electron chi connectivity index (χ0n) is 23.8. The van der Waals surface area contributed by atoms with Gasteiger partial charge in [0.25, 0.3) is 0 Å². The summed E-state index contributed by atoms with van der Waals surface area (Å²) in [4.78, 5) is 13.4. The summed E-state index contributed by atoms with van der Waals surface area (Å²) in [6.45, 7) is 9.78. The highest BCUT2D eigenvalue weighted by Gasteiger charge is 2.70. The van der Waals surface area contributed by atoms with Gasteiger partial charge in [0.05, 0.1) is 29.5 Å². The lowest BCUT2D eigenvalue weighted by atomic mass is 9.45. The van der Waals surface area contributed by atoms with Gasteiger partial charge in [0.1, 0.15) is 6.10 Å². The van der Waals surface area contributed by atoms with Crippen molar-refractivity contribution in [3.8, 4) is 0 Å². The Balaban J connectivity index is 1.47. The Bertz CT molecular complexity index is 979. The van der Waals surface area contributed by atoms with E-state index in [-0.39, 0.29) is 35.9 Å². The van der Waals surface area contributed by atoms with Gasteiger partial charge in [-0.3, -0.25) is 4.79 Å². The molecule has 0 radical (unpaired) electrons. The van der Waals surface area contributed by atoms with Crippen molar-refractivity contribution in [3.63, 3.8) is 0 Å². The molecule has 1 heterocycles. The number of carbonyl (C=O) groups excluding carboxylic acids is 1. The Hall–Kier alpha value is -0.870. The van der Waals surface area contributed by atoms with Crippen molar-refractivity contribution in [1.29, 1.82) is 0 Å². The Morgan fingerprint density at radius 2 is 1.87 bits per heavy atom. The van der Waals surface area contributed by atoms with E-state index in [4.69, 9.17) is 9.47 Å². The van der Waals surface area contributed by atoms with Gasteiger partial charge in [0, 0.05) is 24.4 Å². The third-order valence-electron chi connectivity index (χ3n) is 12.3. The molecule has 14 atom stereocenters. The Labute approximate surface area is 226 Å². The molecule has 4 aliphatic carbocycles. The first-order chi connectivity index (χ1) is 17.7. The van der Waals surface area contributed by atoms with Crippen molar-refractivity contribution in [1.82, 2.24) is 0 Å². The molecular formula is C30H48O8. The molecule has 5 rings (SSSR count). The second kappa shape index (κ2) is 9.33. The molecule has 0 aromatic carbocycles. The van der Waals surface area contributed by atoms with Crippen LogP contribution in [0.1, 0.15) is 79.6 Å². The number of carbonyl (C=O) groups is 1. The molecule has 0 spiro atoms. The zero-order chi connectivity index (χ0) is 28.0. The summed E-state index contributed by atoms with van der Waals surface area (Å²) < 4.78 is 11.6. The van der Waals surface area contributed by atoms with E-state index in [1.54, 1.807) is 20.1 Å². The standard InChI is InChI=1S/C30H48O8/c1-7-16-15(2)26(37-6)38-24(16)25(34)29(5,35)23-9-11-30(36)18-12-20(31)19-13-21(32)22(33)14-27(19,3)17(18)8-10-28(23,30)4/h12,15-17,19,21-26,32-36H,7-11,13-14H2,1-6H3/t15-,16+,17-,19-,21+,22-,23-,24+,25+,26-,27+,28+,29+,30+/m0/s1. The lowest BCUT2D eigenvalue weighted by Crippen LogP contribution is -2.63. The van der Waals surface area contributed by atoms with Crippen molar-refractivity contribution >= 4 is 5.78 Å². The number of methoxy groups -OCH3 is 1. The van der Waals surface area contributed by atoms with Gasteiger partial charge in [0.15, 0.2) is 12.1 Å². The summed E-state index contributed by atoms with van der Waals surface area (Å²) in [6.07, 6.45) is 1.14. The van der Waals surface area contributed by atoms with Crippen LogP contribution < -0.4 is 0 Å². The Kier molecular flexibility index (Phi) is 7.03. The van der Waals surface area contributed by atoms with Gasteiger partial charge < -0.3 is 35.0 Å². The SMILES string of the molecule is CC[C@@H]1[C@H](C)[C@@H](OC)O[C@H]1[C@@H](O)[C@](C)(O)[C@H]1CC[C@@]2(O)C3=CC(=O)[C@@H]4C[C@@H](O)[C@@H](O)C[C@]4(C)[C@H]3CC[C@]12C. The predicted octanol–water partition coefficient (Wildman–Crippen LogP) is 2.34. The van der Waals surface area contributed by atoms with Crippen LogP contribution in [-0.4, -0.2) is 80.3 Å². The number of hydrogen-bond acceptors (Lipinski definition) is 8. The normalized spacial score (nSPS) is 53.0. The van der Waals surface area contributed by atoms with E-state index >= 15 is 0 Å². The highest BCUT2D eigenvalue weighted by molar-refractivity contribution is 5.95. The number of ketones is 1. The van der Waals surface area contributed by atoms with E-state index in [1.807, 2.05) is 20.8 Å². The fourth-order valence-electron chi connectivity index (χ4n) is 9.91. The number of ether oxygens (including phenoxy) is 2. The molecule has 0 unspecified atom stereocenters. The lowest BCUT2D eigenvalue weighted by molar-refractivity contribution is -0.214. The van der Waals surface area contributed by atoms with Crippen molar-refractivity contribution in [2.24, 2.45) is 40.4 Å². The van der Waals surface area contributed by atoms with Gasteiger partial charge in [-0.1, -0.05) is 34.1 Å². The predicted molar refractivity (Wildman–Crippen MR) is 140 cm³/mol. The molecule has 0 aromatic heterocycles. The minimum Gasteiger partial charge on any atom is -0.390 e. The Morgan fingerprint density at radius 3 is 2.50 bits per heavy atom. The second-order valence-electron chi connectivity index (χ2n) is 13.9. The molecule has 216 valence electrons. The minimum atomic E-state index is -1.54. The van der Waals surface area contributed by atoms with Crippen molar-refractivity contribution in [2.75, 3.05) is 7.11 Å². The third kappa shape index (κ3) is 3.70. The second-order valence-corrected chi connectivity index (χ2v) is 13.9. The van der Waals surface area contributed by atoms with Crippen molar-refractivity contribution < 1.29 is 39.8 Å². The van der Waals surface area contributed by atoms with Crippen LogP contribution in [0.3, 0.4) is 0 Å². The summed E-state index contributed by atoms with van der Waals surface area (Å²) in [5, 5.41) is 57.0. The first-order valence-corrected chi connectivity index (χ1v) is 14.6. The first kappa shape index (κ1) is 28.7. The van der Waals surface area contributed by atoms with Crippen LogP contribution in [0.15, 0.2) is 11.6 Å². The maximum absolute atomic E-state index is 13.4. The van der Waals surface area contributed by atoms with E-state index in [1.165, 1.54) is 0 Å². The van der Waals surface area contributed by atoms with Crippen LogP contribution in [0.25, 0.3) is 0 Å². The number of aliphatic hydroxyl groups is 5. The van der Waals surface area contributed by atoms with E-state index < -0.39 is 58.7 Å². The molecule has 5 aliphatic rings. The molecule has 0 aromatic rings. The smallest absolute Gasteiger partial charge is 0.160 e. The quantitative estimate of drug-likeness (QED) is 0.361. The summed E-state index contributed by atoms with van der Waals surface area (Å²) in [7, 11) is 1.59. The third-order valence-corrected chi connectivity index (χ3v) is 12.3. The van der Waals surface area contributed by atoms with Gasteiger partial charge in [0.2, 0.25) is 0 Å². The fraction of sp³-hybridized carbons (Fsp3) is 0.900. The van der Waals surface area contributed by atoms with Crippen LogP contribution in [-0.2, 0) is 14.3 Å². The highest BCUT2D eigenvalue weighted by atomic mass is 16.7. The van der Waals surface area contributed by atoms with Crippen LogP contribution >= 0.6 is 0 Å². The maximum atomic E-state index is 13.4. The molecule has 38 heavy (non-hydrogen) atoms. The topological polar surface area (TPSA) is 137 Å². The van der Waals surface area contributed by atoms with Crippen LogP contribution in [0, 0.1) is 40.4 Å². The minimum absolute atomic E-state index is 0.0221. The van der Waals surface area contributed by atoms with E-state index in [2.05, 4.69) is 6.92 Å². The summed E-state index contributed by atoms with van der Waals surface area (Å²) in [5.74, 6) is -0.898. The van der Waals surface area contributed by atoms with Gasteiger partial charge in [-0.05, 0) is 80.3 Å². The zero-order valence-corrected chi connectivity index (χ0v) is 23.8. The maximum Gasteiger partial charge on any atom is 0.160 e. The number of hydrogen-bond donors (Lipinski definition) is 5. The number of rotatable bonds is 5. The molecule has 1 aliphatic heterocycles. The van der Waals surface area contributed by atoms with Gasteiger partial charge in [-0.25, -0.2) is 0 Å². The first-order valence-electron chi connectivity index (χ1n) is 14.6. The summed E-state index contributed by atoms with van der Waals surface area (Å²) >= 11 is 0. The van der Waals surface area contributed by atoms with Crippen LogP contribution in [0.5, 0.6) is 0 Å². The Morgan fingerprint density at radius 1 is 1.18 bits per heavy atom. The number of aliphatic hydroxyl groups excluding tert-OH is 3. The molecular weight excluding hydrogens is 488 g/mol. The van der Waals surface area contributed by atoms with Gasteiger partial charge in [-0.15, -0.1) is 0 Å². The van der Waals surface area contributed by atoms with Crippen LogP contribution in [0.4, 0.5) is 0 Å². The molecule has 5 N–H and O–H groups in total. The molecule has 1 saturated heterocycles. The van der Waals surface area contributed by atoms with Crippen LogP contribution in [0.2, 0.25) is 0 Å². The fourth-order valence-corrected chi connectivity index (χ4v) is 9.91. The lowest BCUT2D eigenvalue weighted by Gasteiger charge is -2.60. The van der Waals surface area contributed by atoms with E-state index in [0.29, 0.717) is 37.7 Å². The number of allylic oxidation sites excluding steroid dienone is 1. The largest absolute Gasteiger partial charge is 0.390 e. The molecule has 0 bridgehead atoms. The average molecular weight is 537 g/mol. The van der Waals surface area contributed by atoms with Crippen molar-refractivity contribution in [3.05, 3.63) is 11.6 Å². The number of fused-ring (bicyclic) bond motifs is 5. The van der Waals surface area contributed by atoms with Gasteiger partial charge >= 0.3 is 0 Å². The molecule has 8 heteroatoms. The highest BCUT2D eigenvalue weighted by Crippen LogP contribution is 2.68. The molecule has 0 amide bonds. The van der Waals surface area contributed by atoms with E-state index in [0.717, 1.165) is 6.42 Å². The average Bonchev–Trinajstić information content (AvgIpc) is 3.33. The van der Waals surface area contributed by atoms with Gasteiger partial charge in [-0.2, -0.15) is 0 Å². The molecule has 3 saturated carbocycles. The monoisotopic (exact) mass is 536 g/mol. The molecule has 8 nitrogen and oxygen atoms in total. The summed E-state index contributed by atoms with van der Waals surface area (Å²) in [6, 6.07) is 0. The van der Waals surface area contributed by atoms with E-state index in [9.17, 15) is 30.3 Å². The molecule has 4 fully saturated rings. The summed E-state index contributed by atoms with van der Waals surface area (Å²) in [5.41, 5.74) is -3.44.